The van der Waals surface area contributed by atoms with E-state index in [1.54, 1.807) is 45.0 Å². The molecule has 1 amide bonds. The Labute approximate surface area is 152 Å². The zero-order valence-corrected chi connectivity index (χ0v) is 16.8. The summed E-state index contributed by atoms with van der Waals surface area (Å²) in [6.45, 7) is 9.24. The van der Waals surface area contributed by atoms with Gasteiger partial charge in [-0.15, -0.1) is 0 Å². The summed E-state index contributed by atoms with van der Waals surface area (Å²) < 4.78 is 31.1. The van der Waals surface area contributed by atoms with Crippen LogP contribution in [0.5, 0.6) is 0 Å². The Kier molecular flexibility index (Phi) is 7.93. The number of nitrogens with one attached hydrogen (secondary N) is 1. The molecule has 0 saturated heterocycles. The molecule has 0 aliphatic heterocycles. The third-order valence-corrected chi connectivity index (χ3v) is 5.75. The number of unbranched alkanes of at least 4 members (excludes halogenated alkanes) is 3. The minimum absolute atomic E-state index is 0.217. The molecule has 0 radical (unpaired) electrons. The van der Waals surface area contributed by atoms with Gasteiger partial charge in [0.1, 0.15) is 11.0 Å². The van der Waals surface area contributed by atoms with Crippen LogP contribution in [0.3, 0.4) is 0 Å². The highest BCUT2D eigenvalue weighted by Gasteiger charge is 2.30. The number of rotatable bonds is 8. The maximum absolute atomic E-state index is 12.9. The van der Waals surface area contributed by atoms with Crippen LogP contribution in [0.4, 0.5) is 4.79 Å². The van der Waals surface area contributed by atoms with Gasteiger partial charge in [0.05, 0.1) is 4.90 Å². The van der Waals surface area contributed by atoms with Gasteiger partial charge in [0.25, 0.3) is 0 Å². The van der Waals surface area contributed by atoms with Crippen molar-refractivity contribution in [2.45, 2.75) is 82.6 Å². The van der Waals surface area contributed by atoms with E-state index in [2.05, 4.69) is 12.2 Å². The number of benzene rings is 1. The van der Waals surface area contributed by atoms with Crippen LogP contribution in [-0.2, 0) is 14.6 Å². The lowest BCUT2D eigenvalue weighted by Crippen LogP contribution is -2.43. The van der Waals surface area contributed by atoms with Gasteiger partial charge in [-0.1, -0.05) is 50.3 Å². The second kappa shape index (κ2) is 9.22. The monoisotopic (exact) mass is 369 g/mol. The molecule has 1 unspecified atom stereocenters. The fourth-order valence-electron chi connectivity index (χ4n) is 2.39. The zero-order chi connectivity index (χ0) is 19.1. The van der Waals surface area contributed by atoms with Crippen LogP contribution >= 0.6 is 0 Å². The molecule has 0 fully saturated rings. The number of amides is 1. The van der Waals surface area contributed by atoms with Crippen molar-refractivity contribution >= 4 is 15.9 Å². The highest BCUT2D eigenvalue weighted by Crippen LogP contribution is 2.20. The summed E-state index contributed by atoms with van der Waals surface area (Å²) in [4.78, 5) is 12.3. The summed E-state index contributed by atoms with van der Waals surface area (Å²) >= 11 is 0. The van der Waals surface area contributed by atoms with Crippen LogP contribution in [-0.4, -0.2) is 25.5 Å². The fraction of sp³-hybridized carbons (Fsp3) is 0.632. The molecule has 1 N–H and O–H groups in total. The van der Waals surface area contributed by atoms with Crippen LogP contribution in [0.25, 0.3) is 0 Å². The van der Waals surface area contributed by atoms with Gasteiger partial charge < -0.3 is 10.1 Å². The maximum Gasteiger partial charge on any atom is 0.408 e. The predicted octanol–water partition coefficient (Wildman–Crippen LogP) is 4.59. The van der Waals surface area contributed by atoms with Crippen molar-refractivity contribution < 1.29 is 17.9 Å². The second-order valence-corrected chi connectivity index (χ2v) is 9.47. The molecular formula is C19H31NO4S. The number of hydrogen-bond donors (Lipinski definition) is 1. The number of carbonyl (C=O) groups excluding carboxylic acids is 1. The van der Waals surface area contributed by atoms with E-state index in [4.69, 9.17) is 4.74 Å². The summed E-state index contributed by atoms with van der Waals surface area (Å²) in [7, 11) is -3.67. The zero-order valence-electron chi connectivity index (χ0n) is 16.0. The van der Waals surface area contributed by atoms with E-state index in [-0.39, 0.29) is 4.90 Å². The van der Waals surface area contributed by atoms with Crippen molar-refractivity contribution in [1.29, 1.82) is 0 Å². The molecule has 5 nitrogen and oxygen atoms in total. The van der Waals surface area contributed by atoms with Gasteiger partial charge in [-0.3, -0.25) is 0 Å². The first-order valence-corrected chi connectivity index (χ1v) is 10.4. The van der Waals surface area contributed by atoms with Gasteiger partial charge in [0.15, 0.2) is 9.84 Å². The number of hydrogen-bond acceptors (Lipinski definition) is 4. The quantitative estimate of drug-likeness (QED) is 0.680. The average Bonchev–Trinajstić information content (AvgIpc) is 2.49. The maximum atomic E-state index is 12.9. The third kappa shape index (κ3) is 7.46. The van der Waals surface area contributed by atoms with Crippen molar-refractivity contribution in [3.63, 3.8) is 0 Å². The number of ether oxygens (including phenoxy) is 1. The Morgan fingerprint density at radius 3 is 2.24 bits per heavy atom. The summed E-state index contributed by atoms with van der Waals surface area (Å²) in [5, 5.41) is 1.57. The van der Waals surface area contributed by atoms with E-state index in [0.29, 0.717) is 6.42 Å². The molecule has 0 aromatic heterocycles. The van der Waals surface area contributed by atoms with Gasteiger partial charge >= 0.3 is 6.09 Å². The van der Waals surface area contributed by atoms with Gasteiger partial charge in [-0.05, 0) is 46.2 Å². The summed E-state index contributed by atoms with van der Waals surface area (Å²) in [6, 6.07) is 6.68. The summed E-state index contributed by atoms with van der Waals surface area (Å²) in [6.07, 6.45) is 3.45. The Hall–Kier alpha value is -1.56. The number of carbonyl (C=O) groups is 1. The molecule has 142 valence electrons. The lowest BCUT2D eigenvalue weighted by atomic mass is 10.1. The molecule has 1 aromatic rings. The van der Waals surface area contributed by atoms with Gasteiger partial charge in [0.2, 0.25) is 0 Å². The molecule has 0 spiro atoms. The summed E-state index contributed by atoms with van der Waals surface area (Å²) in [5.74, 6) is 0. The first-order chi connectivity index (χ1) is 11.6. The molecule has 0 aliphatic carbocycles. The van der Waals surface area contributed by atoms with Crippen molar-refractivity contribution in [2.75, 3.05) is 0 Å². The van der Waals surface area contributed by atoms with Crippen molar-refractivity contribution in [1.82, 2.24) is 5.32 Å². The summed E-state index contributed by atoms with van der Waals surface area (Å²) in [5.41, 5.74) is 0.309. The average molecular weight is 370 g/mol. The lowest BCUT2D eigenvalue weighted by molar-refractivity contribution is 0.0517. The minimum Gasteiger partial charge on any atom is -0.444 e. The van der Waals surface area contributed by atoms with Crippen molar-refractivity contribution in [3.8, 4) is 0 Å². The molecule has 0 saturated carbocycles. The van der Waals surface area contributed by atoms with Crippen molar-refractivity contribution in [3.05, 3.63) is 29.8 Å². The fourth-order valence-corrected chi connectivity index (χ4v) is 3.96. The highest BCUT2D eigenvalue weighted by molar-refractivity contribution is 7.92. The number of aryl methyl sites for hydroxylation is 1. The predicted molar refractivity (Wildman–Crippen MR) is 100 cm³/mol. The molecule has 25 heavy (non-hydrogen) atoms. The molecule has 0 bridgehead atoms. The Bertz CT molecular complexity index is 645. The highest BCUT2D eigenvalue weighted by atomic mass is 32.2. The Morgan fingerprint density at radius 1 is 1.12 bits per heavy atom. The molecule has 1 aromatic carbocycles. The Morgan fingerprint density at radius 2 is 1.72 bits per heavy atom. The lowest BCUT2D eigenvalue weighted by Gasteiger charge is -2.24. The molecule has 1 atom stereocenters. The van der Waals surface area contributed by atoms with E-state index in [1.807, 2.05) is 6.92 Å². The standard InChI is InChI=1S/C19H31NO4S/c1-6-7-8-9-10-17(20-18(21)24-19(3,4)5)25(22,23)16-13-11-15(2)12-14-16/h11-14,17H,6-10H2,1-5H3,(H,20,21). The van der Waals surface area contributed by atoms with Gasteiger partial charge in [-0.25, -0.2) is 13.2 Å². The smallest absolute Gasteiger partial charge is 0.408 e. The molecule has 0 aliphatic rings. The third-order valence-electron chi connectivity index (χ3n) is 3.72. The largest absolute Gasteiger partial charge is 0.444 e. The molecule has 0 heterocycles. The van der Waals surface area contributed by atoms with Crippen LogP contribution < -0.4 is 5.32 Å². The topological polar surface area (TPSA) is 72.5 Å². The van der Waals surface area contributed by atoms with Crippen LogP contribution in [0.2, 0.25) is 0 Å². The second-order valence-electron chi connectivity index (χ2n) is 7.34. The van der Waals surface area contributed by atoms with E-state index in [9.17, 15) is 13.2 Å². The Balaban J connectivity index is 2.95. The number of sulfone groups is 1. The van der Waals surface area contributed by atoms with E-state index in [0.717, 1.165) is 31.2 Å². The van der Waals surface area contributed by atoms with Crippen LogP contribution in [0.1, 0.15) is 65.4 Å². The minimum atomic E-state index is -3.67. The van der Waals surface area contributed by atoms with Crippen molar-refractivity contribution in [2.24, 2.45) is 0 Å². The molecule has 1 rings (SSSR count). The van der Waals surface area contributed by atoms with E-state index < -0.39 is 26.9 Å². The first kappa shape index (κ1) is 21.5. The SMILES string of the molecule is CCCCCCC(NC(=O)OC(C)(C)C)S(=O)(=O)c1ccc(C)cc1. The molecule has 6 heteroatoms. The number of alkyl carbamates (subject to hydrolysis) is 1. The van der Waals surface area contributed by atoms with Crippen LogP contribution in [0.15, 0.2) is 29.2 Å². The van der Waals surface area contributed by atoms with Gasteiger partial charge in [0, 0.05) is 0 Å². The van der Waals surface area contributed by atoms with E-state index >= 15 is 0 Å². The first-order valence-electron chi connectivity index (χ1n) is 8.86. The molecular weight excluding hydrogens is 338 g/mol. The normalized spacial score (nSPS) is 13.3. The van der Waals surface area contributed by atoms with E-state index in [1.165, 1.54) is 0 Å². The van der Waals surface area contributed by atoms with Crippen LogP contribution in [0, 0.1) is 6.92 Å². The van der Waals surface area contributed by atoms with Gasteiger partial charge in [-0.2, -0.15) is 0 Å².